The van der Waals surface area contributed by atoms with E-state index in [4.69, 9.17) is 4.74 Å². The molecule has 1 unspecified atom stereocenters. The first-order valence-corrected chi connectivity index (χ1v) is 15.2. The van der Waals surface area contributed by atoms with Gasteiger partial charge in [-0.2, -0.15) is 0 Å². The number of ether oxygens (including phenoxy) is 1. The second-order valence-electron chi connectivity index (χ2n) is 10.5. The minimum absolute atomic E-state index is 0.299. The molecule has 44 heavy (non-hydrogen) atoms. The summed E-state index contributed by atoms with van der Waals surface area (Å²) >= 11 is 0. The van der Waals surface area contributed by atoms with Crippen LogP contribution in [0.2, 0.25) is 0 Å². The number of esters is 1. The highest BCUT2D eigenvalue weighted by atomic mass is 16.6. The molecule has 5 amide bonds. The SMILES string of the molecule is CC(=O)N1C(=O)c2ccccc2C1=O.CCCCCCC(OC(C)=O)N1C(=O)c2ccccc2C1=O.CCCCCCC=O. The number of rotatable bonds is 12. The zero-order valence-corrected chi connectivity index (χ0v) is 26.0. The molecule has 0 bridgehead atoms. The van der Waals surface area contributed by atoms with Crippen molar-refractivity contribution < 1.29 is 38.3 Å². The molecule has 2 aliphatic rings. The lowest BCUT2D eigenvalue weighted by Gasteiger charge is -2.25. The standard InChI is InChI=1S/C17H21NO4.C10H7NO3.C7H14O/c1-3-4-5-6-11-15(22-12(2)19)18-16(20)13-9-7-8-10-14(13)17(18)21;1-6(12)11-9(13)7-4-2-3-5-8(7)10(11)14;1-2-3-4-5-6-7-8/h7-10,15H,3-6,11H2,1-2H3;2-5H,1H3;7H,2-6H2,1H3. The van der Waals surface area contributed by atoms with Crippen LogP contribution < -0.4 is 0 Å². The van der Waals surface area contributed by atoms with E-state index in [1.807, 2.05) is 0 Å². The topological polar surface area (TPSA) is 135 Å². The number of imide groups is 4. The van der Waals surface area contributed by atoms with Gasteiger partial charge in [-0.25, -0.2) is 9.80 Å². The highest BCUT2D eigenvalue weighted by Gasteiger charge is 2.41. The molecule has 0 aromatic heterocycles. The summed E-state index contributed by atoms with van der Waals surface area (Å²) in [4.78, 5) is 81.8. The van der Waals surface area contributed by atoms with Crippen LogP contribution in [0.15, 0.2) is 48.5 Å². The van der Waals surface area contributed by atoms with Gasteiger partial charge in [-0.3, -0.25) is 28.8 Å². The van der Waals surface area contributed by atoms with Crippen molar-refractivity contribution in [2.24, 2.45) is 0 Å². The molecule has 0 N–H and O–H groups in total. The third-order valence-corrected chi connectivity index (χ3v) is 7.00. The summed E-state index contributed by atoms with van der Waals surface area (Å²) in [5.74, 6) is -2.87. The van der Waals surface area contributed by atoms with Gasteiger partial charge in [-0.1, -0.05) is 76.6 Å². The lowest BCUT2D eigenvalue weighted by Crippen LogP contribution is -2.42. The summed E-state index contributed by atoms with van der Waals surface area (Å²) in [6.45, 7) is 6.76. The minimum atomic E-state index is -0.818. The van der Waals surface area contributed by atoms with E-state index in [2.05, 4.69) is 13.8 Å². The van der Waals surface area contributed by atoms with Crippen molar-refractivity contribution in [3.63, 3.8) is 0 Å². The van der Waals surface area contributed by atoms with Gasteiger partial charge in [0.25, 0.3) is 23.6 Å². The number of fused-ring (bicyclic) bond motifs is 2. The molecule has 2 aliphatic heterocycles. The molecule has 2 heterocycles. The maximum absolute atomic E-state index is 12.4. The number of benzene rings is 2. The van der Waals surface area contributed by atoms with Crippen LogP contribution in [0.3, 0.4) is 0 Å². The average Bonchev–Trinajstić information content (AvgIpc) is 3.42. The second-order valence-corrected chi connectivity index (χ2v) is 10.5. The molecule has 0 spiro atoms. The summed E-state index contributed by atoms with van der Waals surface area (Å²) in [5, 5.41) is 0. The van der Waals surface area contributed by atoms with Crippen molar-refractivity contribution in [2.45, 2.75) is 98.1 Å². The van der Waals surface area contributed by atoms with Gasteiger partial charge >= 0.3 is 5.97 Å². The van der Waals surface area contributed by atoms with Crippen molar-refractivity contribution in [1.29, 1.82) is 0 Å². The maximum atomic E-state index is 12.4. The van der Waals surface area contributed by atoms with Crippen molar-refractivity contribution in [2.75, 3.05) is 0 Å². The Morgan fingerprint density at radius 3 is 1.50 bits per heavy atom. The lowest BCUT2D eigenvalue weighted by molar-refractivity contribution is -0.152. The van der Waals surface area contributed by atoms with E-state index in [-0.39, 0.29) is 11.8 Å². The van der Waals surface area contributed by atoms with E-state index >= 15 is 0 Å². The Kier molecular flexibility index (Phi) is 14.8. The number of unbranched alkanes of at least 4 members (excludes halogenated alkanes) is 7. The van der Waals surface area contributed by atoms with Crippen molar-refractivity contribution >= 4 is 41.8 Å². The normalized spacial score (nSPS) is 13.7. The van der Waals surface area contributed by atoms with Crippen LogP contribution in [0.25, 0.3) is 0 Å². The number of carbonyl (C=O) groups excluding carboxylic acids is 7. The Labute approximate surface area is 258 Å². The number of amides is 5. The molecule has 0 fully saturated rings. The van der Waals surface area contributed by atoms with E-state index in [1.54, 1.807) is 48.5 Å². The summed E-state index contributed by atoms with van der Waals surface area (Å²) in [7, 11) is 0. The lowest BCUT2D eigenvalue weighted by atomic mass is 10.1. The molecule has 0 radical (unpaired) electrons. The van der Waals surface area contributed by atoms with Crippen LogP contribution in [0.5, 0.6) is 0 Å². The molecule has 4 rings (SSSR count). The maximum Gasteiger partial charge on any atom is 0.304 e. The minimum Gasteiger partial charge on any atom is -0.441 e. The fraction of sp³-hybridized carbons (Fsp3) is 0.441. The van der Waals surface area contributed by atoms with Gasteiger partial charge in [0, 0.05) is 26.7 Å². The molecule has 10 heteroatoms. The highest BCUT2D eigenvalue weighted by molar-refractivity contribution is 6.28. The van der Waals surface area contributed by atoms with Crippen LogP contribution >= 0.6 is 0 Å². The van der Waals surface area contributed by atoms with Gasteiger partial charge in [0.2, 0.25) is 5.91 Å². The number of aldehydes is 1. The van der Waals surface area contributed by atoms with Crippen molar-refractivity contribution in [3.8, 4) is 0 Å². The van der Waals surface area contributed by atoms with Gasteiger partial charge in [-0.05, 0) is 37.1 Å². The van der Waals surface area contributed by atoms with Gasteiger partial charge in [0.05, 0.1) is 22.3 Å². The van der Waals surface area contributed by atoms with Crippen LogP contribution in [-0.2, 0) is 19.1 Å². The zero-order chi connectivity index (χ0) is 32.6. The van der Waals surface area contributed by atoms with Gasteiger partial charge in [0.1, 0.15) is 6.29 Å². The second kappa shape index (κ2) is 18.3. The largest absolute Gasteiger partial charge is 0.441 e. The van der Waals surface area contributed by atoms with Gasteiger partial charge in [0.15, 0.2) is 6.23 Å². The van der Waals surface area contributed by atoms with Crippen molar-refractivity contribution in [1.82, 2.24) is 9.80 Å². The molecule has 2 aromatic carbocycles. The first-order valence-electron chi connectivity index (χ1n) is 15.2. The Hall–Kier alpha value is -4.47. The third-order valence-electron chi connectivity index (χ3n) is 7.00. The summed E-state index contributed by atoms with van der Waals surface area (Å²) in [6.07, 6.45) is 10.2. The quantitative estimate of drug-likeness (QED) is 0.122. The van der Waals surface area contributed by atoms with E-state index in [1.165, 1.54) is 33.1 Å². The molecular weight excluding hydrogens is 564 g/mol. The van der Waals surface area contributed by atoms with E-state index in [0.717, 1.165) is 49.7 Å². The first-order chi connectivity index (χ1) is 21.1. The Bertz CT molecular complexity index is 1280. The van der Waals surface area contributed by atoms with E-state index in [9.17, 15) is 33.6 Å². The summed E-state index contributed by atoms with van der Waals surface area (Å²) < 4.78 is 5.23. The molecule has 2 aromatic rings. The number of hydrogen-bond donors (Lipinski definition) is 0. The molecule has 0 aliphatic carbocycles. The van der Waals surface area contributed by atoms with Gasteiger partial charge in [-0.15, -0.1) is 0 Å². The fourth-order valence-electron chi connectivity index (χ4n) is 4.78. The Balaban J connectivity index is 0.000000261. The van der Waals surface area contributed by atoms with Crippen LogP contribution in [0.1, 0.15) is 133 Å². The third kappa shape index (κ3) is 9.52. The Morgan fingerprint density at radius 1 is 0.682 bits per heavy atom. The smallest absolute Gasteiger partial charge is 0.304 e. The Morgan fingerprint density at radius 2 is 1.11 bits per heavy atom. The highest BCUT2D eigenvalue weighted by Crippen LogP contribution is 2.27. The predicted octanol–water partition coefficient (Wildman–Crippen LogP) is 6.13. The van der Waals surface area contributed by atoms with Crippen LogP contribution in [-0.4, -0.2) is 57.8 Å². The van der Waals surface area contributed by atoms with E-state index in [0.29, 0.717) is 33.6 Å². The molecule has 0 saturated carbocycles. The van der Waals surface area contributed by atoms with Crippen molar-refractivity contribution in [3.05, 3.63) is 70.8 Å². The van der Waals surface area contributed by atoms with Crippen LogP contribution in [0, 0.1) is 0 Å². The number of hydrogen-bond acceptors (Lipinski definition) is 8. The molecule has 0 saturated heterocycles. The summed E-state index contributed by atoms with van der Waals surface area (Å²) in [6, 6.07) is 13.1. The number of carbonyl (C=O) groups is 7. The predicted molar refractivity (Wildman–Crippen MR) is 164 cm³/mol. The molecule has 10 nitrogen and oxygen atoms in total. The average molecular weight is 607 g/mol. The number of nitrogens with zero attached hydrogens (tertiary/aromatic N) is 2. The molecule has 1 atom stereocenters. The molecular formula is C34H42N2O8. The zero-order valence-electron chi connectivity index (χ0n) is 26.0. The van der Waals surface area contributed by atoms with Crippen LogP contribution in [0.4, 0.5) is 0 Å². The monoisotopic (exact) mass is 606 g/mol. The fourth-order valence-corrected chi connectivity index (χ4v) is 4.78. The van der Waals surface area contributed by atoms with E-state index < -0.39 is 29.9 Å². The van der Waals surface area contributed by atoms with Gasteiger partial charge < -0.3 is 9.53 Å². The summed E-state index contributed by atoms with van der Waals surface area (Å²) in [5.41, 5.74) is 1.34. The molecule has 236 valence electrons. The first kappa shape index (κ1) is 35.7.